The normalized spacial score (nSPS) is 14.3. The molecule has 0 radical (unpaired) electrons. The third-order valence-corrected chi connectivity index (χ3v) is 6.58. The van der Waals surface area contributed by atoms with Gasteiger partial charge in [0.2, 0.25) is 0 Å². The maximum absolute atomic E-state index is 4.66. The van der Waals surface area contributed by atoms with Gasteiger partial charge in [0.25, 0.3) is 0 Å². The number of H-pyrrole nitrogens is 2. The summed E-state index contributed by atoms with van der Waals surface area (Å²) in [5.74, 6) is 0. The molecule has 0 aromatic carbocycles. The predicted octanol–water partition coefficient (Wildman–Crippen LogP) is 4.66. The minimum absolute atomic E-state index is 0.790. The maximum Gasteiger partial charge on any atom is 0.139 e. The lowest BCUT2D eigenvalue weighted by Gasteiger charge is -2.29. The third-order valence-electron chi connectivity index (χ3n) is 6.58. The number of nitrogens with one attached hydrogen (secondary N) is 3. The van der Waals surface area contributed by atoms with Crippen molar-refractivity contribution in [1.29, 1.82) is 0 Å². The smallest absolute Gasteiger partial charge is 0.139 e. The minimum Gasteiger partial charge on any atom is -0.371 e. The molecule has 5 aromatic heterocycles. The van der Waals surface area contributed by atoms with Gasteiger partial charge in [-0.3, -0.25) is 15.1 Å². The van der Waals surface area contributed by atoms with E-state index in [1.807, 2.05) is 24.8 Å². The summed E-state index contributed by atoms with van der Waals surface area (Å²) in [7, 11) is 0. The highest BCUT2D eigenvalue weighted by molar-refractivity contribution is 5.99. The van der Waals surface area contributed by atoms with Crippen LogP contribution in [0.25, 0.3) is 44.6 Å². The Kier molecular flexibility index (Phi) is 5.43. The van der Waals surface area contributed by atoms with Gasteiger partial charge in [-0.15, -0.1) is 0 Å². The van der Waals surface area contributed by atoms with E-state index in [4.69, 9.17) is 0 Å². The SMILES string of the molecule is CCNCc1cncc(-c2cc3c(-c4cc5c(N6CCCCC6)ccnc5[nH]4)n[nH]c3cn2)c1. The number of aromatic nitrogens is 6. The molecular weight excluding hydrogens is 424 g/mol. The average molecular weight is 453 g/mol. The monoisotopic (exact) mass is 452 g/mol. The summed E-state index contributed by atoms with van der Waals surface area (Å²) in [5.41, 5.74) is 7.88. The Morgan fingerprint density at radius 3 is 2.79 bits per heavy atom. The molecule has 8 nitrogen and oxygen atoms in total. The van der Waals surface area contributed by atoms with Gasteiger partial charge < -0.3 is 15.2 Å². The van der Waals surface area contributed by atoms with Crippen molar-refractivity contribution in [3.63, 3.8) is 0 Å². The molecule has 172 valence electrons. The molecule has 8 heteroatoms. The van der Waals surface area contributed by atoms with E-state index in [2.05, 4.69) is 71.5 Å². The lowest BCUT2D eigenvalue weighted by molar-refractivity contribution is 0.579. The first kappa shape index (κ1) is 20.8. The Hall–Kier alpha value is -3.78. The predicted molar refractivity (Wildman–Crippen MR) is 136 cm³/mol. The van der Waals surface area contributed by atoms with Crippen LogP contribution in [0, 0.1) is 0 Å². The Balaban J connectivity index is 1.40. The van der Waals surface area contributed by atoms with E-state index in [0.717, 1.165) is 76.3 Å². The number of hydrogen-bond acceptors (Lipinski definition) is 6. The van der Waals surface area contributed by atoms with E-state index in [1.54, 1.807) is 0 Å². The van der Waals surface area contributed by atoms with E-state index in [1.165, 1.54) is 24.9 Å². The number of rotatable bonds is 6. The van der Waals surface area contributed by atoms with Crippen LogP contribution in [0.4, 0.5) is 5.69 Å². The zero-order valence-electron chi connectivity index (χ0n) is 19.3. The number of anilines is 1. The van der Waals surface area contributed by atoms with Crippen molar-refractivity contribution in [2.45, 2.75) is 32.7 Å². The summed E-state index contributed by atoms with van der Waals surface area (Å²) in [6.07, 6.45) is 11.3. The fraction of sp³-hybridized carbons (Fsp3) is 0.308. The molecule has 1 aliphatic rings. The van der Waals surface area contributed by atoms with Gasteiger partial charge in [0.15, 0.2) is 0 Å². The molecule has 0 aliphatic carbocycles. The third kappa shape index (κ3) is 3.80. The second-order valence-corrected chi connectivity index (χ2v) is 8.87. The lowest BCUT2D eigenvalue weighted by Crippen LogP contribution is -2.29. The molecule has 1 fully saturated rings. The van der Waals surface area contributed by atoms with Gasteiger partial charge in [-0.2, -0.15) is 5.10 Å². The number of pyridine rings is 3. The van der Waals surface area contributed by atoms with Gasteiger partial charge in [-0.05, 0) is 55.6 Å². The highest BCUT2D eigenvalue weighted by atomic mass is 15.1. The van der Waals surface area contributed by atoms with Crippen LogP contribution in [0.15, 0.2) is 49.1 Å². The zero-order chi connectivity index (χ0) is 22.9. The molecule has 0 saturated carbocycles. The summed E-state index contributed by atoms with van der Waals surface area (Å²) >= 11 is 0. The molecule has 5 aromatic rings. The molecule has 0 spiro atoms. The molecule has 0 amide bonds. The largest absolute Gasteiger partial charge is 0.371 e. The molecule has 6 rings (SSSR count). The summed E-state index contributed by atoms with van der Waals surface area (Å²) in [4.78, 5) is 19.7. The van der Waals surface area contributed by atoms with Gasteiger partial charge in [0.05, 0.1) is 23.1 Å². The number of nitrogens with zero attached hydrogens (tertiary/aromatic N) is 5. The van der Waals surface area contributed by atoms with Gasteiger partial charge in [0.1, 0.15) is 11.3 Å². The molecule has 34 heavy (non-hydrogen) atoms. The fourth-order valence-electron chi connectivity index (χ4n) is 4.82. The highest BCUT2D eigenvalue weighted by Gasteiger charge is 2.18. The second-order valence-electron chi connectivity index (χ2n) is 8.87. The van der Waals surface area contributed by atoms with Crippen LogP contribution in [0.5, 0.6) is 0 Å². The summed E-state index contributed by atoms with van der Waals surface area (Å²) in [6, 6.07) is 8.54. The quantitative estimate of drug-likeness (QED) is 0.347. The molecular formula is C26H28N8. The van der Waals surface area contributed by atoms with Crippen molar-refractivity contribution < 1.29 is 0 Å². The Morgan fingerprint density at radius 1 is 1.00 bits per heavy atom. The van der Waals surface area contributed by atoms with Crippen LogP contribution in [0.1, 0.15) is 31.7 Å². The number of fused-ring (bicyclic) bond motifs is 2. The van der Waals surface area contributed by atoms with Crippen molar-refractivity contribution in [3.05, 3.63) is 54.6 Å². The highest BCUT2D eigenvalue weighted by Crippen LogP contribution is 2.34. The first-order valence-corrected chi connectivity index (χ1v) is 12.0. The van der Waals surface area contributed by atoms with Gasteiger partial charge >= 0.3 is 0 Å². The van der Waals surface area contributed by atoms with Crippen molar-refractivity contribution in [1.82, 2.24) is 35.5 Å². The van der Waals surface area contributed by atoms with Crippen LogP contribution >= 0.6 is 0 Å². The molecule has 0 unspecified atom stereocenters. The lowest BCUT2D eigenvalue weighted by atomic mass is 10.1. The molecule has 0 bridgehead atoms. The van der Waals surface area contributed by atoms with Gasteiger partial charge in [-0.1, -0.05) is 6.92 Å². The van der Waals surface area contributed by atoms with Crippen LogP contribution in [-0.2, 0) is 6.54 Å². The van der Waals surface area contributed by atoms with Crippen molar-refractivity contribution in [2.75, 3.05) is 24.5 Å². The Morgan fingerprint density at radius 2 is 1.91 bits per heavy atom. The number of aromatic amines is 2. The first-order chi connectivity index (χ1) is 16.8. The number of piperidine rings is 1. The van der Waals surface area contributed by atoms with E-state index in [9.17, 15) is 0 Å². The maximum atomic E-state index is 4.66. The minimum atomic E-state index is 0.790. The van der Waals surface area contributed by atoms with E-state index in [-0.39, 0.29) is 0 Å². The van der Waals surface area contributed by atoms with Crippen LogP contribution in [0.2, 0.25) is 0 Å². The molecule has 0 atom stereocenters. The number of hydrogen-bond donors (Lipinski definition) is 3. The summed E-state index contributed by atoms with van der Waals surface area (Å²) in [6.45, 7) is 6.01. The van der Waals surface area contributed by atoms with Crippen molar-refractivity contribution >= 4 is 27.6 Å². The van der Waals surface area contributed by atoms with E-state index in [0.29, 0.717) is 0 Å². The topological polar surface area (TPSA) is 98.4 Å². The van der Waals surface area contributed by atoms with Crippen molar-refractivity contribution in [2.24, 2.45) is 0 Å². The van der Waals surface area contributed by atoms with Crippen molar-refractivity contribution in [3.8, 4) is 22.6 Å². The average Bonchev–Trinajstić information content (AvgIpc) is 3.51. The second kappa shape index (κ2) is 8.87. The molecule has 1 aliphatic heterocycles. The fourth-order valence-corrected chi connectivity index (χ4v) is 4.82. The molecule has 3 N–H and O–H groups in total. The van der Waals surface area contributed by atoms with E-state index >= 15 is 0 Å². The summed E-state index contributed by atoms with van der Waals surface area (Å²) in [5, 5.41) is 13.3. The Labute approximate surface area is 197 Å². The van der Waals surface area contributed by atoms with Gasteiger partial charge in [-0.25, -0.2) is 4.98 Å². The molecule has 1 saturated heterocycles. The standard InChI is InChI=1S/C26H28N8/c1-2-27-13-17-10-18(15-28-14-17)21-11-19-23(16-30-21)32-33-25(19)22-12-20-24(6-7-29-26(20)31-22)34-8-4-3-5-9-34/h6-7,10-12,14-16,27H,2-5,8-9,13H2,1H3,(H,29,31)(H,32,33). The molecule has 6 heterocycles. The van der Waals surface area contributed by atoms with Crippen LogP contribution in [0.3, 0.4) is 0 Å². The first-order valence-electron chi connectivity index (χ1n) is 12.0. The Bertz CT molecular complexity index is 1440. The van der Waals surface area contributed by atoms with Crippen LogP contribution in [-0.4, -0.2) is 49.8 Å². The van der Waals surface area contributed by atoms with E-state index < -0.39 is 0 Å². The summed E-state index contributed by atoms with van der Waals surface area (Å²) < 4.78 is 0. The van der Waals surface area contributed by atoms with Gasteiger partial charge in [0, 0.05) is 60.2 Å². The van der Waals surface area contributed by atoms with Crippen LogP contribution < -0.4 is 10.2 Å². The zero-order valence-corrected chi connectivity index (χ0v) is 19.3.